The molecule has 0 radical (unpaired) electrons. The van der Waals surface area contributed by atoms with Crippen LogP contribution in [0.1, 0.15) is 42.4 Å². The lowest BCUT2D eigenvalue weighted by molar-refractivity contribution is -0.171. The number of hydrogen-bond donors (Lipinski definition) is 2. The first-order chi connectivity index (χ1) is 11.6. The third kappa shape index (κ3) is 3.18. The van der Waals surface area contributed by atoms with Crippen molar-refractivity contribution < 1.29 is 4.74 Å². The van der Waals surface area contributed by atoms with Crippen LogP contribution >= 0.6 is 24.0 Å². The van der Waals surface area contributed by atoms with Crippen molar-refractivity contribution in [3.63, 3.8) is 0 Å². The second-order valence-electron chi connectivity index (χ2n) is 7.81. The van der Waals surface area contributed by atoms with E-state index in [0.717, 1.165) is 19.1 Å². The number of fused-ring (bicyclic) bond motifs is 2. The van der Waals surface area contributed by atoms with Crippen molar-refractivity contribution in [1.82, 2.24) is 10.6 Å². The zero-order valence-corrected chi connectivity index (χ0v) is 17.8. The van der Waals surface area contributed by atoms with Gasteiger partial charge in [-0.05, 0) is 44.2 Å². The molecule has 3 fully saturated rings. The van der Waals surface area contributed by atoms with E-state index in [9.17, 15) is 0 Å². The highest BCUT2D eigenvalue weighted by Gasteiger charge is 2.66. The van der Waals surface area contributed by atoms with Crippen LogP contribution in [0.4, 0.5) is 0 Å². The van der Waals surface area contributed by atoms with Gasteiger partial charge in [0.2, 0.25) is 0 Å². The fourth-order valence-electron chi connectivity index (χ4n) is 5.02. The number of aliphatic imine (C=N–C) groups is 1. The molecule has 1 aliphatic heterocycles. The average molecular weight is 455 g/mol. The van der Waals surface area contributed by atoms with Crippen molar-refractivity contribution in [2.75, 3.05) is 13.7 Å². The minimum atomic E-state index is 0. The Labute approximate surface area is 168 Å². The van der Waals surface area contributed by atoms with Gasteiger partial charge in [0, 0.05) is 37.6 Å². The second-order valence-corrected chi connectivity index (χ2v) is 7.81. The van der Waals surface area contributed by atoms with Gasteiger partial charge in [-0.25, -0.2) is 0 Å². The van der Waals surface area contributed by atoms with Crippen molar-refractivity contribution in [1.29, 1.82) is 0 Å². The van der Waals surface area contributed by atoms with E-state index >= 15 is 0 Å². The molecule has 1 spiro atoms. The second kappa shape index (κ2) is 7.43. The maximum absolute atomic E-state index is 6.01. The Balaban J connectivity index is 0.00000182. The Kier molecular flexibility index (Phi) is 5.63. The average Bonchev–Trinajstić information content (AvgIpc) is 2.92. The van der Waals surface area contributed by atoms with Crippen LogP contribution in [0.3, 0.4) is 0 Å². The molecule has 2 aliphatic carbocycles. The summed E-state index contributed by atoms with van der Waals surface area (Å²) in [6, 6.07) is 7.16. The van der Waals surface area contributed by atoms with Crippen molar-refractivity contribution in [2.24, 2.45) is 16.3 Å². The molecule has 1 saturated heterocycles. The highest BCUT2D eigenvalue weighted by atomic mass is 127. The highest BCUT2D eigenvalue weighted by Crippen LogP contribution is 2.62. The summed E-state index contributed by atoms with van der Waals surface area (Å²) in [6.07, 6.45) is 5.65. The first-order valence-corrected chi connectivity index (χ1v) is 9.29. The molecule has 2 N–H and O–H groups in total. The lowest BCUT2D eigenvalue weighted by Gasteiger charge is -2.63. The van der Waals surface area contributed by atoms with Crippen LogP contribution in [0.25, 0.3) is 0 Å². The zero-order valence-electron chi connectivity index (χ0n) is 15.5. The predicted octanol–water partition coefficient (Wildman–Crippen LogP) is 3.54. The smallest absolute Gasteiger partial charge is 0.191 e. The predicted molar refractivity (Wildman–Crippen MR) is 113 cm³/mol. The molecule has 2 saturated carbocycles. The molecule has 4 rings (SSSR count). The third-order valence-electron chi connectivity index (χ3n) is 6.50. The monoisotopic (exact) mass is 455 g/mol. The van der Waals surface area contributed by atoms with Gasteiger partial charge in [0.05, 0.1) is 6.10 Å². The Morgan fingerprint density at radius 2 is 2.12 bits per heavy atom. The van der Waals surface area contributed by atoms with E-state index in [1.807, 2.05) is 7.05 Å². The maximum Gasteiger partial charge on any atom is 0.191 e. The van der Waals surface area contributed by atoms with Gasteiger partial charge >= 0.3 is 0 Å². The normalized spacial score (nSPS) is 29.2. The number of nitrogens with one attached hydrogen (secondary N) is 2. The van der Waals surface area contributed by atoms with Crippen LogP contribution in [0.5, 0.6) is 0 Å². The third-order valence-corrected chi connectivity index (χ3v) is 6.50. The number of benzene rings is 1. The van der Waals surface area contributed by atoms with E-state index in [4.69, 9.17) is 4.74 Å². The molecule has 4 nitrogen and oxygen atoms in total. The topological polar surface area (TPSA) is 45.7 Å². The van der Waals surface area contributed by atoms with E-state index in [2.05, 4.69) is 47.7 Å². The van der Waals surface area contributed by atoms with Crippen LogP contribution in [0.15, 0.2) is 23.2 Å². The quantitative estimate of drug-likeness (QED) is 0.417. The molecule has 138 valence electrons. The molecule has 25 heavy (non-hydrogen) atoms. The Hall–Kier alpha value is -0.820. The summed E-state index contributed by atoms with van der Waals surface area (Å²) in [6.45, 7) is 6.06. The minimum absolute atomic E-state index is 0. The molecule has 3 unspecified atom stereocenters. The Bertz CT molecular complexity index is 656. The Morgan fingerprint density at radius 1 is 1.32 bits per heavy atom. The summed E-state index contributed by atoms with van der Waals surface area (Å²) in [7, 11) is 1.87. The molecule has 3 atom stereocenters. The van der Waals surface area contributed by atoms with Gasteiger partial charge in [-0.15, -0.1) is 24.0 Å². The van der Waals surface area contributed by atoms with E-state index in [1.54, 1.807) is 0 Å². The van der Waals surface area contributed by atoms with E-state index in [-0.39, 0.29) is 24.0 Å². The number of halogens is 1. The zero-order chi connectivity index (χ0) is 16.7. The van der Waals surface area contributed by atoms with Gasteiger partial charge < -0.3 is 15.4 Å². The van der Waals surface area contributed by atoms with Crippen molar-refractivity contribution in [3.8, 4) is 0 Å². The van der Waals surface area contributed by atoms with Crippen LogP contribution in [-0.4, -0.2) is 31.8 Å². The van der Waals surface area contributed by atoms with E-state index in [0.29, 0.717) is 23.5 Å². The molecular weight excluding hydrogens is 425 g/mol. The molecule has 1 aromatic rings. The van der Waals surface area contributed by atoms with Gasteiger partial charge in [0.1, 0.15) is 0 Å². The van der Waals surface area contributed by atoms with Crippen LogP contribution in [-0.2, 0) is 11.3 Å². The fourth-order valence-corrected chi connectivity index (χ4v) is 5.02. The van der Waals surface area contributed by atoms with Gasteiger partial charge in [-0.3, -0.25) is 4.99 Å². The summed E-state index contributed by atoms with van der Waals surface area (Å²) in [5, 5.41) is 7.24. The van der Waals surface area contributed by atoms with E-state index < -0.39 is 0 Å². The van der Waals surface area contributed by atoms with Crippen molar-refractivity contribution in [2.45, 2.75) is 58.2 Å². The lowest BCUT2D eigenvalue weighted by Crippen LogP contribution is -2.72. The summed E-state index contributed by atoms with van der Waals surface area (Å²) in [5.74, 6) is 1.60. The molecule has 0 aromatic heterocycles. The standard InChI is InChI=1S/C20H29N3O.HI/c1-13-5-6-15(14(2)11-13)12-22-19(21-3)23-17-16-7-10-24-18(16)20(17)8-4-9-20;/h5-6,11,16-18H,4,7-10,12H2,1-3H3,(H2,21,22,23);1H. The molecule has 5 heteroatoms. The van der Waals surface area contributed by atoms with Crippen molar-refractivity contribution >= 4 is 29.9 Å². The summed E-state index contributed by atoms with van der Waals surface area (Å²) < 4.78 is 6.01. The number of aryl methyl sites for hydroxylation is 2. The number of guanidine groups is 1. The van der Waals surface area contributed by atoms with E-state index in [1.165, 1.54) is 42.4 Å². The summed E-state index contributed by atoms with van der Waals surface area (Å²) >= 11 is 0. The first-order valence-electron chi connectivity index (χ1n) is 9.29. The largest absolute Gasteiger partial charge is 0.377 e. The van der Waals surface area contributed by atoms with Crippen LogP contribution in [0, 0.1) is 25.2 Å². The SMILES string of the molecule is CN=C(NCc1ccc(C)cc1C)NC1C2CCOC2C12CCC2.I. The first kappa shape index (κ1) is 19.0. The van der Waals surface area contributed by atoms with Gasteiger partial charge in [-0.2, -0.15) is 0 Å². The molecule has 0 amide bonds. The fraction of sp³-hybridized carbons (Fsp3) is 0.650. The molecule has 1 aromatic carbocycles. The number of rotatable bonds is 3. The van der Waals surface area contributed by atoms with Gasteiger partial charge in [-0.1, -0.05) is 30.2 Å². The maximum atomic E-state index is 6.01. The number of hydrogen-bond acceptors (Lipinski definition) is 2. The van der Waals surface area contributed by atoms with Gasteiger partial charge in [0.15, 0.2) is 5.96 Å². The van der Waals surface area contributed by atoms with Gasteiger partial charge in [0.25, 0.3) is 0 Å². The molecule has 0 bridgehead atoms. The Morgan fingerprint density at radius 3 is 2.76 bits per heavy atom. The van der Waals surface area contributed by atoms with Crippen molar-refractivity contribution in [3.05, 3.63) is 34.9 Å². The summed E-state index contributed by atoms with van der Waals surface area (Å²) in [5.41, 5.74) is 4.37. The molecule has 3 aliphatic rings. The highest BCUT2D eigenvalue weighted by molar-refractivity contribution is 14.0. The van der Waals surface area contributed by atoms with Crippen LogP contribution < -0.4 is 10.6 Å². The van der Waals surface area contributed by atoms with Crippen LogP contribution in [0.2, 0.25) is 0 Å². The molecular formula is C20H30IN3O. The number of nitrogens with zero attached hydrogens (tertiary/aromatic N) is 1. The molecule has 1 heterocycles. The minimum Gasteiger partial charge on any atom is -0.377 e. The number of ether oxygens (including phenoxy) is 1. The summed E-state index contributed by atoms with van der Waals surface area (Å²) in [4.78, 5) is 4.46. The lowest BCUT2D eigenvalue weighted by atomic mass is 9.46.